The van der Waals surface area contributed by atoms with Crippen LogP contribution in [0.3, 0.4) is 0 Å². The maximum Gasteiger partial charge on any atom is 0.185 e. The summed E-state index contributed by atoms with van der Waals surface area (Å²) in [5.41, 5.74) is 0.535. The molecule has 0 saturated heterocycles. The Labute approximate surface area is 88.3 Å². The number of nitrogens with zero attached hydrogens (tertiary/aromatic N) is 1. The Morgan fingerprint density at radius 3 is 2.93 bits per heavy atom. The molecule has 0 amide bonds. The molecule has 0 N–H and O–H groups in total. The number of Topliss-reactive ketones (excluding diaryl/α,β-unsaturated/α-hetero) is 1. The second-order valence-electron chi connectivity index (χ2n) is 3.30. The fraction of sp³-hybridized carbons (Fsp3) is 0.0769. The van der Waals surface area contributed by atoms with E-state index in [9.17, 15) is 4.79 Å². The number of hydrogen-bond donors (Lipinski definition) is 0. The minimum Gasteiger partial charge on any atom is -0.292 e. The SMILES string of the molecule is C=CCC(=O)c1nccc2ccccc12. The van der Waals surface area contributed by atoms with Crippen molar-refractivity contribution in [3.05, 3.63) is 54.9 Å². The molecule has 15 heavy (non-hydrogen) atoms. The molecule has 0 aliphatic heterocycles. The lowest BCUT2D eigenvalue weighted by Gasteiger charge is -2.02. The highest BCUT2D eigenvalue weighted by Gasteiger charge is 2.08. The molecule has 2 heteroatoms. The Morgan fingerprint density at radius 1 is 1.33 bits per heavy atom. The van der Waals surface area contributed by atoms with Gasteiger partial charge in [0.1, 0.15) is 5.69 Å². The van der Waals surface area contributed by atoms with E-state index in [1.54, 1.807) is 12.3 Å². The van der Waals surface area contributed by atoms with Gasteiger partial charge in [-0.1, -0.05) is 30.3 Å². The predicted molar refractivity (Wildman–Crippen MR) is 60.9 cm³/mol. The molecule has 74 valence electrons. The number of fused-ring (bicyclic) bond motifs is 1. The number of aromatic nitrogens is 1. The molecule has 0 fully saturated rings. The number of benzene rings is 1. The Kier molecular flexibility index (Phi) is 2.59. The van der Waals surface area contributed by atoms with Gasteiger partial charge < -0.3 is 0 Å². The third-order valence-corrected chi connectivity index (χ3v) is 2.27. The van der Waals surface area contributed by atoms with Crippen LogP contribution in [0.15, 0.2) is 49.2 Å². The molecule has 0 atom stereocenters. The molecule has 2 aromatic rings. The maximum atomic E-state index is 11.7. The van der Waals surface area contributed by atoms with E-state index in [-0.39, 0.29) is 5.78 Å². The van der Waals surface area contributed by atoms with Gasteiger partial charge in [-0.25, -0.2) is 0 Å². The molecule has 1 heterocycles. The lowest BCUT2D eigenvalue weighted by molar-refractivity contribution is 0.0993. The summed E-state index contributed by atoms with van der Waals surface area (Å²) in [7, 11) is 0. The van der Waals surface area contributed by atoms with Crippen LogP contribution in [-0.2, 0) is 0 Å². The van der Waals surface area contributed by atoms with Crippen molar-refractivity contribution in [3.8, 4) is 0 Å². The average Bonchev–Trinajstić information content (AvgIpc) is 2.28. The molecule has 0 aliphatic carbocycles. The van der Waals surface area contributed by atoms with Crippen LogP contribution in [0.1, 0.15) is 16.9 Å². The van der Waals surface area contributed by atoms with E-state index in [1.807, 2.05) is 30.3 Å². The van der Waals surface area contributed by atoms with Crippen LogP contribution >= 0.6 is 0 Å². The fourth-order valence-electron chi connectivity index (χ4n) is 1.57. The maximum absolute atomic E-state index is 11.7. The smallest absolute Gasteiger partial charge is 0.185 e. The minimum absolute atomic E-state index is 0.0156. The van der Waals surface area contributed by atoms with E-state index in [2.05, 4.69) is 11.6 Å². The summed E-state index contributed by atoms with van der Waals surface area (Å²) in [6, 6.07) is 9.65. The van der Waals surface area contributed by atoms with Crippen LogP contribution in [0.5, 0.6) is 0 Å². The van der Waals surface area contributed by atoms with Crippen LogP contribution < -0.4 is 0 Å². The minimum atomic E-state index is 0.0156. The van der Waals surface area contributed by atoms with Gasteiger partial charge in [0.15, 0.2) is 5.78 Å². The third kappa shape index (κ3) is 1.79. The molecular formula is C13H11NO. The summed E-state index contributed by atoms with van der Waals surface area (Å²) < 4.78 is 0. The first-order chi connectivity index (χ1) is 7.33. The lowest BCUT2D eigenvalue weighted by Crippen LogP contribution is -2.01. The van der Waals surface area contributed by atoms with E-state index in [0.717, 1.165) is 10.8 Å². The van der Waals surface area contributed by atoms with Crippen LogP contribution in [0.2, 0.25) is 0 Å². The highest BCUT2D eigenvalue weighted by atomic mass is 16.1. The molecular weight excluding hydrogens is 186 g/mol. The quantitative estimate of drug-likeness (QED) is 0.559. The summed E-state index contributed by atoms with van der Waals surface area (Å²) in [5, 5.41) is 1.95. The van der Waals surface area contributed by atoms with Gasteiger partial charge in [-0.2, -0.15) is 0 Å². The molecule has 0 spiro atoms. The number of carbonyl (C=O) groups excluding carboxylic acids is 1. The highest BCUT2D eigenvalue weighted by Crippen LogP contribution is 2.17. The van der Waals surface area contributed by atoms with Crippen molar-refractivity contribution in [2.75, 3.05) is 0 Å². The Bertz CT molecular complexity index is 511. The summed E-state index contributed by atoms with van der Waals surface area (Å²) in [5.74, 6) is 0.0156. The number of rotatable bonds is 3. The molecule has 1 aromatic carbocycles. The number of hydrogen-bond acceptors (Lipinski definition) is 2. The topological polar surface area (TPSA) is 30.0 Å². The highest BCUT2D eigenvalue weighted by molar-refractivity contribution is 6.06. The fourth-order valence-corrected chi connectivity index (χ4v) is 1.57. The van der Waals surface area contributed by atoms with Gasteiger partial charge in [0.25, 0.3) is 0 Å². The second-order valence-corrected chi connectivity index (χ2v) is 3.30. The second kappa shape index (κ2) is 4.05. The zero-order valence-corrected chi connectivity index (χ0v) is 8.31. The number of pyridine rings is 1. The van der Waals surface area contributed by atoms with Gasteiger partial charge in [0, 0.05) is 18.0 Å². The zero-order chi connectivity index (χ0) is 10.7. The standard InChI is InChI=1S/C13H11NO/c1-2-5-12(15)13-11-7-4-3-6-10(11)8-9-14-13/h2-4,6-9H,1,5H2. The van der Waals surface area contributed by atoms with Gasteiger partial charge >= 0.3 is 0 Å². The van der Waals surface area contributed by atoms with E-state index in [4.69, 9.17) is 0 Å². The summed E-state index contributed by atoms with van der Waals surface area (Å²) >= 11 is 0. The van der Waals surface area contributed by atoms with Crippen LogP contribution in [-0.4, -0.2) is 10.8 Å². The molecule has 0 saturated carbocycles. The number of ketones is 1. The van der Waals surface area contributed by atoms with Crippen molar-refractivity contribution in [1.82, 2.24) is 4.98 Å². The molecule has 0 radical (unpaired) electrons. The van der Waals surface area contributed by atoms with Crippen molar-refractivity contribution in [2.24, 2.45) is 0 Å². The van der Waals surface area contributed by atoms with Gasteiger partial charge in [-0.15, -0.1) is 6.58 Å². The largest absolute Gasteiger partial charge is 0.292 e. The van der Waals surface area contributed by atoms with Crippen LogP contribution in [0.4, 0.5) is 0 Å². The van der Waals surface area contributed by atoms with E-state index >= 15 is 0 Å². The molecule has 0 unspecified atom stereocenters. The summed E-state index contributed by atoms with van der Waals surface area (Å²) in [4.78, 5) is 15.9. The van der Waals surface area contributed by atoms with Crippen LogP contribution in [0.25, 0.3) is 10.8 Å². The number of carbonyl (C=O) groups is 1. The Balaban J connectivity index is 2.60. The number of allylic oxidation sites excluding steroid dienone is 1. The zero-order valence-electron chi connectivity index (χ0n) is 8.31. The van der Waals surface area contributed by atoms with E-state index in [1.165, 1.54) is 0 Å². The molecule has 2 rings (SSSR count). The van der Waals surface area contributed by atoms with Gasteiger partial charge in [0.2, 0.25) is 0 Å². The van der Waals surface area contributed by atoms with E-state index in [0.29, 0.717) is 12.1 Å². The van der Waals surface area contributed by atoms with Crippen molar-refractivity contribution in [1.29, 1.82) is 0 Å². The predicted octanol–water partition coefficient (Wildman–Crippen LogP) is 2.99. The van der Waals surface area contributed by atoms with Crippen molar-refractivity contribution < 1.29 is 4.79 Å². The average molecular weight is 197 g/mol. The lowest BCUT2D eigenvalue weighted by atomic mass is 10.1. The molecule has 0 aliphatic rings. The van der Waals surface area contributed by atoms with Crippen molar-refractivity contribution in [2.45, 2.75) is 6.42 Å². The van der Waals surface area contributed by atoms with Crippen LogP contribution in [0, 0.1) is 0 Å². The van der Waals surface area contributed by atoms with Crippen molar-refractivity contribution >= 4 is 16.6 Å². The summed E-state index contributed by atoms with van der Waals surface area (Å²) in [6.45, 7) is 3.56. The molecule has 0 bridgehead atoms. The molecule has 2 nitrogen and oxygen atoms in total. The van der Waals surface area contributed by atoms with Gasteiger partial charge in [-0.3, -0.25) is 9.78 Å². The first-order valence-corrected chi connectivity index (χ1v) is 4.81. The van der Waals surface area contributed by atoms with E-state index < -0.39 is 0 Å². The first kappa shape index (κ1) is 9.59. The normalized spacial score (nSPS) is 10.1. The Morgan fingerprint density at radius 2 is 2.13 bits per heavy atom. The van der Waals surface area contributed by atoms with Crippen molar-refractivity contribution in [3.63, 3.8) is 0 Å². The summed E-state index contributed by atoms with van der Waals surface area (Å²) in [6.07, 6.45) is 3.60. The third-order valence-electron chi connectivity index (χ3n) is 2.27. The van der Waals surface area contributed by atoms with Gasteiger partial charge in [0.05, 0.1) is 0 Å². The monoisotopic (exact) mass is 197 g/mol. The van der Waals surface area contributed by atoms with Gasteiger partial charge in [-0.05, 0) is 11.5 Å². The molecule has 1 aromatic heterocycles. The first-order valence-electron chi connectivity index (χ1n) is 4.81. The Hall–Kier alpha value is -1.96.